The van der Waals surface area contributed by atoms with Crippen molar-refractivity contribution in [2.45, 2.75) is 37.3 Å². The van der Waals surface area contributed by atoms with Crippen LogP contribution in [0.1, 0.15) is 24.8 Å². The molecule has 0 amide bonds. The van der Waals surface area contributed by atoms with Crippen LogP contribution in [-0.2, 0) is 11.2 Å². The van der Waals surface area contributed by atoms with Crippen LogP contribution >= 0.6 is 11.6 Å². The molecule has 1 saturated carbocycles. The molecule has 1 aromatic carbocycles. The maximum absolute atomic E-state index is 13.0. The molecule has 1 atom stereocenters. The summed E-state index contributed by atoms with van der Waals surface area (Å²) in [6.45, 7) is 0. The molecular weight excluding hydrogens is 255 g/mol. The van der Waals surface area contributed by atoms with Crippen molar-refractivity contribution in [2.75, 3.05) is 7.11 Å². The molecule has 0 bridgehead atoms. The van der Waals surface area contributed by atoms with Crippen LogP contribution in [0.15, 0.2) is 18.2 Å². The van der Waals surface area contributed by atoms with Crippen LogP contribution in [0.2, 0.25) is 5.02 Å². The third-order valence-corrected chi connectivity index (χ3v) is 4.23. The molecule has 1 aromatic rings. The average Bonchev–Trinajstić information content (AvgIpc) is 2.29. The fraction of sp³-hybridized carbons (Fsp3) is 0.538. The van der Waals surface area contributed by atoms with Crippen molar-refractivity contribution in [3.8, 4) is 0 Å². The Morgan fingerprint density at radius 2 is 2.28 bits per heavy atom. The van der Waals surface area contributed by atoms with Gasteiger partial charge in [-0.3, -0.25) is 11.3 Å². The molecular formula is C13H18ClFN2O. The number of halogens is 2. The summed E-state index contributed by atoms with van der Waals surface area (Å²) in [5, 5.41) is 0.431. The fourth-order valence-corrected chi connectivity index (χ4v) is 2.77. The maximum Gasteiger partial charge on any atom is 0.124 e. The van der Waals surface area contributed by atoms with Gasteiger partial charge in [0.1, 0.15) is 5.82 Å². The van der Waals surface area contributed by atoms with Crippen LogP contribution in [0.5, 0.6) is 0 Å². The summed E-state index contributed by atoms with van der Waals surface area (Å²) in [6.07, 6.45) is 3.74. The number of ether oxygens (including phenoxy) is 1. The van der Waals surface area contributed by atoms with E-state index >= 15 is 0 Å². The number of nitrogens with one attached hydrogen (secondary N) is 1. The zero-order valence-corrected chi connectivity index (χ0v) is 11.1. The zero-order chi connectivity index (χ0) is 13.2. The Morgan fingerprint density at radius 3 is 2.72 bits per heavy atom. The van der Waals surface area contributed by atoms with Crippen molar-refractivity contribution in [2.24, 2.45) is 5.84 Å². The second-order valence-corrected chi connectivity index (χ2v) is 5.19. The summed E-state index contributed by atoms with van der Waals surface area (Å²) in [4.78, 5) is 0. The van der Waals surface area contributed by atoms with E-state index in [-0.39, 0.29) is 17.5 Å². The number of rotatable bonds is 5. The molecule has 0 spiro atoms. The second kappa shape index (κ2) is 5.53. The van der Waals surface area contributed by atoms with Gasteiger partial charge in [-0.2, -0.15) is 0 Å². The van der Waals surface area contributed by atoms with Gasteiger partial charge in [0.05, 0.1) is 11.6 Å². The zero-order valence-electron chi connectivity index (χ0n) is 10.4. The van der Waals surface area contributed by atoms with Crippen molar-refractivity contribution in [1.82, 2.24) is 5.43 Å². The lowest BCUT2D eigenvalue weighted by Gasteiger charge is -2.46. The number of nitrogens with two attached hydrogens (primary N) is 1. The molecule has 100 valence electrons. The molecule has 1 fully saturated rings. The number of hydrazine groups is 1. The summed E-state index contributed by atoms with van der Waals surface area (Å²) >= 11 is 6.04. The first-order chi connectivity index (χ1) is 8.61. The molecule has 0 heterocycles. The van der Waals surface area contributed by atoms with E-state index in [1.54, 1.807) is 13.2 Å². The molecule has 0 radical (unpaired) electrons. The van der Waals surface area contributed by atoms with E-state index in [1.807, 2.05) is 0 Å². The largest absolute Gasteiger partial charge is 0.377 e. The van der Waals surface area contributed by atoms with Gasteiger partial charge in [0, 0.05) is 12.1 Å². The molecule has 3 nitrogen and oxygen atoms in total. The normalized spacial score (nSPS) is 19.3. The standard InChI is InChI=1S/C13H18ClFN2O/c1-18-13(5-2-6-13)12(17-16)7-9-3-4-10(15)8-11(9)14/h3-4,8,12,17H,2,5-7,16H2,1H3. The van der Waals surface area contributed by atoms with Crippen LogP contribution in [0.4, 0.5) is 4.39 Å². The van der Waals surface area contributed by atoms with E-state index in [0.717, 1.165) is 24.8 Å². The molecule has 18 heavy (non-hydrogen) atoms. The molecule has 0 aromatic heterocycles. The van der Waals surface area contributed by atoms with Crippen LogP contribution in [0.25, 0.3) is 0 Å². The number of methoxy groups -OCH3 is 1. The first kappa shape index (κ1) is 13.7. The Hall–Kier alpha value is -0.680. The summed E-state index contributed by atoms with van der Waals surface area (Å²) in [6, 6.07) is 4.42. The van der Waals surface area contributed by atoms with Gasteiger partial charge in [0.15, 0.2) is 0 Å². The van der Waals surface area contributed by atoms with E-state index < -0.39 is 0 Å². The summed E-state index contributed by atoms with van der Waals surface area (Å²) in [5.74, 6) is 5.30. The Balaban J connectivity index is 2.15. The second-order valence-electron chi connectivity index (χ2n) is 4.78. The van der Waals surface area contributed by atoms with Crippen molar-refractivity contribution in [3.63, 3.8) is 0 Å². The van der Waals surface area contributed by atoms with Crippen LogP contribution < -0.4 is 11.3 Å². The molecule has 3 N–H and O–H groups in total. The predicted octanol–water partition coefficient (Wildman–Crippen LogP) is 2.42. The van der Waals surface area contributed by atoms with E-state index in [1.165, 1.54) is 12.1 Å². The highest BCUT2D eigenvalue weighted by molar-refractivity contribution is 6.31. The molecule has 0 saturated heterocycles. The number of benzene rings is 1. The maximum atomic E-state index is 13.0. The Labute approximate surface area is 111 Å². The predicted molar refractivity (Wildman–Crippen MR) is 69.8 cm³/mol. The average molecular weight is 273 g/mol. The van der Waals surface area contributed by atoms with Crippen LogP contribution in [-0.4, -0.2) is 18.8 Å². The van der Waals surface area contributed by atoms with Gasteiger partial charge in [0.25, 0.3) is 0 Å². The Kier molecular flexibility index (Phi) is 4.22. The van der Waals surface area contributed by atoms with Gasteiger partial charge in [-0.15, -0.1) is 0 Å². The van der Waals surface area contributed by atoms with E-state index in [2.05, 4.69) is 5.43 Å². The molecule has 1 aliphatic rings. The molecule has 1 unspecified atom stereocenters. The van der Waals surface area contributed by atoms with Crippen molar-refractivity contribution in [3.05, 3.63) is 34.6 Å². The van der Waals surface area contributed by atoms with Gasteiger partial charge in [-0.1, -0.05) is 17.7 Å². The monoisotopic (exact) mass is 272 g/mol. The minimum absolute atomic E-state index is 0.0146. The molecule has 5 heteroatoms. The quantitative estimate of drug-likeness (QED) is 0.639. The van der Waals surface area contributed by atoms with Gasteiger partial charge < -0.3 is 4.74 Å². The van der Waals surface area contributed by atoms with Gasteiger partial charge >= 0.3 is 0 Å². The molecule has 0 aliphatic heterocycles. The van der Waals surface area contributed by atoms with Crippen molar-refractivity contribution in [1.29, 1.82) is 0 Å². The number of hydrogen-bond donors (Lipinski definition) is 2. The topological polar surface area (TPSA) is 47.3 Å². The van der Waals surface area contributed by atoms with Crippen LogP contribution in [0.3, 0.4) is 0 Å². The molecule has 2 rings (SSSR count). The first-order valence-corrected chi connectivity index (χ1v) is 6.44. The summed E-state index contributed by atoms with van der Waals surface area (Å²) < 4.78 is 18.6. The lowest BCUT2D eigenvalue weighted by molar-refractivity contribution is -0.0982. The third-order valence-electron chi connectivity index (χ3n) is 3.88. The lowest BCUT2D eigenvalue weighted by atomic mass is 9.73. The van der Waals surface area contributed by atoms with Gasteiger partial charge in [-0.05, 0) is 43.4 Å². The number of hydrogen-bond acceptors (Lipinski definition) is 3. The Morgan fingerprint density at radius 1 is 1.56 bits per heavy atom. The minimum atomic E-state index is -0.328. The minimum Gasteiger partial charge on any atom is -0.377 e. The van der Waals surface area contributed by atoms with E-state index in [4.69, 9.17) is 22.2 Å². The van der Waals surface area contributed by atoms with Crippen molar-refractivity contribution >= 4 is 11.6 Å². The Bertz CT molecular complexity index is 418. The van der Waals surface area contributed by atoms with Crippen LogP contribution in [0, 0.1) is 5.82 Å². The highest BCUT2D eigenvalue weighted by atomic mass is 35.5. The van der Waals surface area contributed by atoms with Gasteiger partial charge in [-0.25, -0.2) is 4.39 Å². The van der Waals surface area contributed by atoms with Crippen molar-refractivity contribution < 1.29 is 9.13 Å². The SMILES string of the molecule is COC1(C(Cc2ccc(F)cc2Cl)NN)CCC1. The highest BCUT2D eigenvalue weighted by Gasteiger charge is 2.44. The summed E-state index contributed by atoms with van der Waals surface area (Å²) in [7, 11) is 1.70. The van der Waals surface area contributed by atoms with E-state index in [0.29, 0.717) is 11.4 Å². The van der Waals surface area contributed by atoms with Gasteiger partial charge in [0.2, 0.25) is 0 Å². The highest BCUT2D eigenvalue weighted by Crippen LogP contribution is 2.39. The molecule has 1 aliphatic carbocycles. The summed E-state index contributed by atoms with van der Waals surface area (Å²) in [5.41, 5.74) is 3.47. The first-order valence-electron chi connectivity index (χ1n) is 6.06. The third kappa shape index (κ3) is 2.52. The lowest BCUT2D eigenvalue weighted by Crippen LogP contribution is -2.59. The smallest absolute Gasteiger partial charge is 0.124 e. The van der Waals surface area contributed by atoms with E-state index in [9.17, 15) is 4.39 Å². The fourth-order valence-electron chi connectivity index (χ4n) is 2.52.